The Balaban J connectivity index is 4.02. The van der Waals surface area contributed by atoms with Gasteiger partial charge in [0, 0.05) is 25.0 Å². The molecule has 0 rings (SSSR count). The number of halogens is 1. The molecule has 0 heterocycles. The predicted octanol–water partition coefficient (Wildman–Crippen LogP) is 3.53. The highest BCUT2D eigenvalue weighted by Crippen LogP contribution is 2.11. The minimum atomic E-state index is -0.0411. The Hall–Kier alpha value is 0.210. The lowest BCUT2D eigenvalue weighted by molar-refractivity contribution is -0.0173. The van der Waals surface area contributed by atoms with Gasteiger partial charge in [-0.3, -0.25) is 4.90 Å². The van der Waals surface area contributed by atoms with E-state index in [1.807, 2.05) is 0 Å². The first-order chi connectivity index (χ1) is 7.44. The Kier molecular flexibility index (Phi) is 8.43. The van der Waals surface area contributed by atoms with Crippen LogP contribution < -0.4 is 0 Å². The molecule has 0 spiro atoms. The van der Waals surface area contributed by atoms with E-state index >= 15 is 0 Å². The van der Waals surface area contributed by atoms with Crippen molar-refractivity contribution in [3.05, 3.63) is 0 Å². The summed E-state index contributed by atoms with van der Waals surface area (Å²) in [4.78, 5) is 2.44. The molecule has 0 atom stereocenters. The summed E-state index contributed by atoms with van der Waals surface area (Å²) in [5.41, 5.74) is -0.0411. The van der Waals surface area contributed by atoms with Gasteiger partial charge in [0.05, 0.1) is 12.2 Å². The van der Waals surface area contributed by atoms with Crippen molar-refractivity contribution in [2.45, 2.75) is 59.1 Å². The van der Waals surface area contributed by atoms with E-state index in [2.05, 4.69) is 39.5 Å². The van der Waals surface area contributed by atoms with E-state index in [1.54, 1.807) is 0 Å². The minimum Gasteiger partial charge on any atom is -0.375 e. The summed E-state index contributed by atoms with van der Waals surface area (Å²) in [5.74, 6) is 0.700. The van der Waals surface area contributed by atoms with Gasteiger partial charge >= 0.3 is 0 Å². The summed E-state index contributed by atoms with van der Waals surface area (Å²) in [6.07, 6.45) is 2.37. The Labute approximate surface area is 106 Å². The molecule has 0 aliphatic heterocycles. The standard InChI is InChI=1S/C13H28ClNO/c1-6-12(7-2)15(9-8-14)10-11-16-13(3,4)5/h12H,6-11H2,1-5H3. The summed E-state index contributed by atoms with van der Waals surface area (Å²) >= 11 is 5.84. The maximum atomic E-state index is 5.84. The van der Waals surface area contributed by atoms with Gasteiger partial charge < -0.3 is 4.74 Å². The van der Waals surface area contributed by atoms with Crippen LogP contribution in [0.2, 0.25) is 0 Å². The van der Waals surface area contributed by atoms with Crippen LogP contribution >= 0.6 is 11.6 Å². The lowest BCUT2D eigenvalue weighted by Crippen LogP contribution is -2.39. The van der Waals surface area contributed by atoms with Crippen molar-refractivity contribution in [2.75, 3.05) is 25.6 Å². The summed E-state index contributed by atoms with van der Waals surface area (Å²) in [6, 6.07) is 0.641. The number of hydrogen-bond acceptors (Lipinski definition) is 2. The van der Waals surface area contributed by atoms with Crippen LogP contribution in [-0.4, -0.2) is 42.1 Å². The Morgan fingerprint density at radius 2 is 1.69 bits per heavy atom. The lowest BCUT2D eigenvalue weighted by atomic mass is 10.1. The first-order valence-corrected chi connectivity index (χ1v) is 6.92. The van der Waals surface area contributed by atoms with Gasteiger partial charge in [-0.2, -0.15) is 0 Å². The van der Waals surface area contributed by atoms with Crippen molar-refractivity contribution >= 4 is 11.6 Å². The van der Waals surface area contributed by atoms with Crippen LogP contribution in [0.25, 0.3) is 0 Å². The fourth-order valence-electron chi connectivity index (χ4n) is 1.86. The highest BCUT2D eigenvalue weighted by atomic mass is 35.5. The van der Waals surface area contributed by atoms with E-state index in [0.29, 0.717) is 11.9 Å². The van der Waals surface area contributed by atoms with Crippen LogP contribution in [0.3, 0.4) is 0 Å². The van der Waals surface area contributed by atoms with Crippen molar-refractivity contribution in [3.8, 4) is 0 Å². The van der Waals surface area contributed by atoms with Gasteiger partial charge in [-0.05, 0) is 33.6 Å². The third-order valence-corrected chi connectivity index (χ3v) is 2.91. The van der Waals surface area contributed by atoms with Crippen molar-refractivity contribution in [1.29, 1.82) is 0 Å². The summed E-state index contributed by atoms with van der Waals surface area (Å²) < 4.78 is 5.76. The Morgan fingerprint density at radius 3 is 2.06 bits per heavy atom. The largest absolute Gasteiger partial charge is 0.375 e. The fraction of sp³-hybridized carbons (Fsp3) is 1.00. The average Bonchev–Trinajstić information content (AvgIpc) is 2.17. The maximum Gasteiger partial charge on any atom is 0.0600 e. The van der Waals surface area contributed by atoms with Gasteiger partial charge in [0.25, 0.3) is 0 Å². The van der Waals surface area contributed by atoms with Gasteiger partial charge in [-0.15, -0.1) is 11.6 Å². The van der Waals surface area contributed by atoms with E-state index < -0.39 is 0 Å². The van der Waals surface area contributed by atoms with Crippen molar-refractivity contribution in [1.82, 2.24) is 4.90 Å². The summed E-state index contributed by atoms with van der Waals surface area (Å²) in [7, 11) is 0. The molecule has 0 aliphatic carbocycles. The molecule has 0 N–H and O–H groups in total. The first kappa shape index (κ1) is 16.2. The van der Waals surface area contributed by atoms with Crippen LogP contribution in [0.4, 0.5) is 0 Å². The van der Waals surface area contributed by atoms with Crippen LogP contribution in [0.15, 0.2) is 0 Å². The molecule has 0 aromatic rings. The molecule has 16 heavy (non-hydrogen) atoms. The van der Waals surface area contributed by atoms with Crippen molar-refractivity contribution in [2.24, 2.45) is 0 Å². The molecular weight excluding hydrogens is 222 g/mol. The van der Waals surface area contributed by atoms with Gasteiger partial charge in [0.1, 0.15) is 0 Å². The maximum absolute atomic E-state index is 5.84. The van der Waals surface area contributed by atoms with E-state index in [9.17, 15) is 0 Å². The van der Waals surface area contributed by atoms with Crippen LogP contribution in [0, 0.1) is 0 Å². The quantitative estimate of drug-likeness (QED) is 0.611. The van der Waals surface area contributed by atoms with Crippen LogP contribution in [-0.2, 0) is 4.74 Å². The minimum absolute atomic E-state index is 0.0411. The number of hydrogen-bond donors (Lipinski definition) is 0. The highest BCUT2D eigenvalue weighted by Gasteiger charge is 2.16. The second-order valence-electron chi connectivity index (χ2n) is 5.16. The first-order valence-electron chi connectivity index (χ1n) is 6.38. The van der Waals surface area contributed by atoms with Gasteiger partial charge in [0.15, 0.2) is 0 Å². The fourth-order valence-corrected chi connectivity index (χ4v) is 2.08. The molecule has 3 heteroatoms. The molecule has 0 fully saturated rings. The van der Waals surface area contributed by atoms with Crippen LogP contribution in [0.5, 0.6) is 0 Å². The highest BCUT2D eigenvalue weighted by molar-refractivity contribution is 6.18. The molecule has 0 bridgehead atoms. The molecule has 0 aromatic carbocycles. The van der Waals surface area contributed by atoms with Crippen LogP contribution in [0.1, 0.15) is 47.5 Å². The normalized spacial score (nSPS) is 12.8. The second-order valence-corrected chi connectivity index (χ2v) is 5.53. The van der Waals surface area contributed by atoms with E-state index in [-0.39, 0.29) is 5.60 Å². The number of alkyl halides is 1. The molecule has 0 unspecified atom stereocenters. The Bertz CT molecular complexity index is 164. The molecule has 2 nitrogen and oxygen atoms in total. The third-order valence-electron chi connectivity index (χ3n) is 2.74. The van der Waals surface area contributed by atoms with E-state index in [1.165, 1.54) is 12.8 Å². The molecular formula is C13H28ClNO. The molecule has 0 saturated heterocycles. The smallest absolute Gasteiger partial charge is 0.0600 e. The predicted molar refractivity (Wildman–Crippen MR) is 72.4 cm³/mol. The van der Waals surface area contributed by atoms with Crippen molar-refractivity contribution in [3.63, 3.8) is 0 Å². The Morgan fingerprint density at radius 1 is 1.12 bits per heavy atom. The van der Waals surface area contributed by atoms with E-state index in [0.717, 1.165) is 19.7 Å². The van der Waals surface area contributed by atoms with Gasteiger partial charge in [0.2, 0.25) is 0 Å². The van der Waals surface area contributed by atoms with Gasteiger partial charge in [-0.1, -0.05) is 13.8 Å². The van der Waals surface area contributed by atoms with Crippen molar-refractivity contribution < 1.29 is 4.74 Å². The summed E-state index contributed by atoms with van der Waals surface area (Å²) in [5, 5.41) is 0. The molecule has 0 radical (unpaired) electrons. The zero-order chi connectivity index (χ0) is 12.6. The number of ether oxygens (including phenoxy) is 1. The molecule has 98 valence electrons. The number of nitrogens with zero attached hydrogens (tertiary/aromatic N) is 1. The number of rotatable bonds is 8. The van der Waals surface area contributed by atoms with Gasteiger partial charge in [-0.25, -0.2) is 0 Å². The summed E-state index contributed by atoms with van der Waals surface area (Å²) in [6.45, 7) is 13.5. The molecule has 0 aliphatic rings. The lowest BCUT2D eigenvalue weighted by Gasteiger charge is -2.31. The zero-order valence-electron chi connectivity index (χ0n) is 11.6. The second kappa shape index (κ2) is 8.32. The molecule has 0 aromatic heterocycles. The topological polar surface area (TPSA) is 12.5 Å². The monoisotopic (exact) mass is 249 g/mol. The average molecular weight is 250 g/mol. The zero-order valence-corrected chi connectivity index (χ0v) is 12.3. The third kappa shape index (κ3) is 7.48. The van der Waals surface area contributed by atoms with E-state index in [4.69, 9.17) is 16.3 Å². The molecule has 0 saturated carbocycles. The SMILES string of the molecule is CCC(CC)N(CCCl)CCOC(C)(C)C. The molecule has 0 amide bonds.